The molecule has 18 heavy (non-hydrogen) atoms. The van der Waals surface area contributed by atoms with Gasteiger partial charge in [-0.15, -0.1) is 0 Å². The summed E-state index contributed by atoms with van der Waals surface area (Å²) >= 11 is 5.85. The van der Waals surface area contributed by atoms with Crippen LogP contribution in [0.15, 0.2) is 24.3 Å². The maximum absolute atomic E-state index is 5.85. The summed E-state index contributed by atoms with van der Waals surface area (Å²) in [6.45, 7) is 4.94. The molecule has 0 aliphatic rings. The van der Waals surface area contributed by atoms with Crippen LogP contribution in [0.3, 0.4) is 0 Å². The average Bonchev–Trinajstić information content (AvgIpc) is 2.37. The van der Waals surface area contributed by atoms with Crippen molar-refractivity contribution >= 4 is 11.6 Å². The van der Waals surface area contributed by atoms with Gasteiger partial charge in [0, 0.05) is 38.3 Å². The Balaban J connectivity index is 1.92. The van der Waals surface area contributed by atoms with Crippen LogP contribution in [-0.4, -0.2) is 46.5 Å². The Morgan fingerprint density at radius 2 is 1.78 bits per heavy atom. The normalized spacial score (nSPS) is 10.6. The van der Waals surface area contributed by atoms with E-state index in [0.29, 0.717) is 11.6 Å². The molecule has 0 unspecified atom stereocenters. The topological polar surface area (TPSA) is 42.5 Å². The average molecular weight is 273 g/mol. The SMILES string of the molecule is COCCNCCNCCOc1cccc(Cl)c1. The molecule has 0 aliphatic heterocycles. The first kappa shape index (κ1) is 15.2. The first-order valence-corrected chi connectivity index (χ1v) is 6.49. The zero-order chi connectivity index (χ0) is 13.1. The third-order valence-electron chi connectivity index (χ3n) is 2.31. The lowest BCUT2D eigenvalue weighted by Gasteiger charge is -2.08. The molecule has 0 saturated carbocycles. The molecule has 1 aromatic carbocycles. The van der Waals surface area contributed by atoms with Crippen molar-refractivity contribution in [1.29, 1.82) is 0 Å². The highest BCUT2D eigenvalue weighted by atomic mass is 35.5. The minimum absolute atomic E-state index is 0.637. The highest BCUT2D eigenvalue weighted by Gasteiger charge is 1.94. The molecule has 2 N–H and O–H groups in total. The number of hydrogen-bond donors (Lipinski definition) is 2. The molecule has 102 valence electrons. The first-order valence-electron chi connectivity index (χ1n) is 6.11. The van der Waals surface area contributed by atoms with Crippen molar-refractivity contribution in [1.82, 2.24) is 10.6 Å². The second-order valence-corrected chi connectivity index (χ2v) is 4.24. The number of benzene rings is 1. The van der Waals surface area contributed by atoms with Crippen molar-refractivity contribution in [2.75, 3.05) is 46.5 Å². The summed E-state index contributed by atoms with van der Waals surface area (Å²) in [5.41, 5.74) is 0. The molecule has 0 atom stereocenters. The van der Waals surface area contributed by atoms with Gasteiger partial charge in [-0.2, -0.15) is 0 Å². The number of hydrogen-bond acceptors (Lipinski definition) is 4. The lowest BCUT2D eigenvalue weighted by Crippen LogP contribution is -2.31. The van der Waals surface area contributed by atoms with E-state index in [1.54, 1.807) is 7.11 Å². The van der Waals surface area contributed by atoms with Crippen LogP contribution in [0.1, 0.15) is 0 Å². The summed E-state index contributed by atoms with van der Waals surface area (Å²) in [7, 11) is 1.70. The molecule has 0 spiro atoms. The van der Waals surface area contributed by atoms with E-state index in [1.807, 2.05) is 24.3 Å². The Bertz CT molecular complexity index is 324. The third kappa shape index (κ3) is 7.50. The fourth-order valence-electron chi connectivity index (χ4n) is 1.40. The predicted molar refractivity (Wildman–Crippen MR) is 74.6 cm³/mol. The van der Waals surface area contributed by atoms with E-state index >= 15 is 0 Å². The molecule has 0 saturated heterocycles. The van der Waals surface area contributed by atoms with Gasteiger partial charge in [0.2, 0.25) is 0 Å². The van der Waals surface area contributed by atoms with E-state index < -0.39 is 0 Å². The molecule has 4 nitrogen and oxygen atoms in total. The van der Waals surface area contributed by atoms with Gasteiger partial charge in [-0.3, -0.25) is 0 Å². The monoisotopic (exact) mass is 272 g/mol. The van der Waals surface area contributed by atoms with Crippen LogP contribution in [-0.2, 0) is 4.74 Å². The van der Waals surface area contributed by atoms with Crippen LogP contribution in [0.2, 0.25) is 5.02 Å². The second-order valence-electron chi connectivity index (χ2n) is 3.80. The Hall–Kier alpha value is -0.810. The van der Waals surface area contributed by atoms with Gasteiger partial charge in [0.25, 0.3) is 0 Å². The smallest absolute Gasteiger partial charge is 0.120 e. The molecule has 0 bridgehead atoms. The summed E-state index contributed by atoms with van der Waals surface area (Å²) in [5, 5.41) is 7.24. The van der Waals surface area contributed by atoms with Crippen molar-refractivity contribution in [3.63, 3.8) is 0 Å². The van der Waals surface area contributed by atoms with E-state index in [9.17, 15) is 0 Å². The van der Waals surface area contributed by atoms with Crippen LogP contribution in [0, 0.1) is 0 Å². The summed E-state index contributed by atoms with van der Waals surface area (Å²) in [5.74, 6) is 0.808. The molecular weight excluding hydrogens is 252 g/mol. The third-order valence-corrected chi connectivity index (χ3v) is 2.54. The zero-order valence-corrected chi connectivity index (χ0v) is 11.5. The van der Waals surface area contributed by atoms with Gasteiger partial charge >= 0.3 is 0 Å². The number of rotatable bonds is 10. The van der Waals surface area contributed by atoms with Gasteiger partial charge < -0.3 is 20.1 Å². The quantitative estimate of drug-likeness (QED) is 0.634. The lowest BCUT2D eigenvalue weighted by molar-refractivity contribution is 0.199. The standard InChI is InChI=1S/C13H21ClN2O2/c1-17-9-7-15-5-6-16-8-10-18-13-4-2-3-12(14)11-13/h2-4,11,15-16H,5-10H2,1H3. The molecule has 0 amide bonds. The van der Waals surface area contributed by atoms with Crippen molar-refractivity contribution in [2.45, 2.75) is 0 Å². The van der Waals surface area contributed by atoms with Gasteiger partial charge in [0.15, 0.2) is 0 Å². The van der Waals surface area contributed by atoms with Crippen molar-refractivity contribution in [3.8, 4) is 5.75 Å². The number of ether oxygens (including phenoxy) is 2. The van der Waals surface area contributed by atoms with Gasteiger partial charge in [-0.05, 0) is 18.2 Å². The summed E-state index contributed by atoms with van der Waals surface area (Å²) in [6, 6.07) is 7.43. The number of halogens is 1. The molecule has 0 radical (unpaired) electrons. The van der Waals surface area contributed by atoms with Crippen molar-refractivity contribution in [3.05, 3.63) is 29.3 Å². The van der Waals surface area contributed by atoms with Gasteiger partial charge in [-0.1, -0.05) is 17.7 Å². The first-order chi connectivity index (χ1) is 8.83. The molecule has 0 aliphatic carbocycles. The van der Waals surface area contributed by atoms with Crippen LogP contribution >= 0.6 is 11.6 Å². The Morgan fingerprint density at radius 1 is 1.06 bits per heavy atom. The molecule has 1 aromatic rings. The highest BCUT2D eigenvalue weighted by Crippen LogP contribution is 2.16. The van der Waals surface area contributed by atoms with E-state index in [0.717, 1.165) is 38.5 Å². The Kier molecular flexibility index (Phi) is 8.59. The number of methoxy groups -OCH3 is 1. The van der Waals surface area contributed by atoms with Crippen molar-refractivity contribution in [2.24, 2.45) is 0 Å². The predicted octanol–water partition coefficient (Wildman–Crippen LogP) is 1.54. The minimum atomic E-state index is 0.637. The molecule has 0 aromatic heterocycles. The largest absolute Gasteiger partial charge is 0.492 e. The van der Waals surface area contributed by atoms with Gasteiger partial charge in [-0.25, -0.2) is 0 Å². The lowest BCUT2D eigenvalue weighted by atomic mass is 10.3. The molecule has 0 heterocycles. The summed E-state index contributed by atoms with van der Waals surface area (Å²) in [6.07, 6.45) is 0. The molecule has 1 rings (SSSR count). The van der Waals surface area contributed by atoms with Gasteiger partial charge in [0.05, 0.1) is 6.61 Å². The van der Waals surface area contributed by atoms with E-state index in [1.165, 1.54) is 0 Å². The fourth-order valence-corrected chi connectivity index (χ4v) is 1.58. The Morgan fingerprint density at radius 3 is 2.44 bits per heavy atom. The zero-order valence-electron chi connectivity index (χ0n) is 10.7. The molecular formula is C13H21ClN2O2. The number of nitrogens with one attached hydrogen (secondary N) is 2. The van der Waals surface area contributed by atoms with E-state index in [-0.39, 0.29) is 0 Å². The molecule has 0 fully saturated rings. The van der Waals surface area contributed by atoms with E-state index in [2.05, 4.69) is 10.6 Å². The Labute approximate surface area is 114 Å². The van der Waals surface area contributed by atoms with E-state index in [4.69, 9.17) is 21.1 Å². The van der Waals surface area contributed by atoms with Crippen LogP contribution in [0.4, 0.5) is 0 Å². The molecule has 5 heteroatoms. The van der Waals surface area contributed by atoms with Gasteiger partial charge in [0.1, 0.15) is 12.4 Å². The maximum Gasteiger partial charge on any atom is 0.120 e. The highest BCUT2D eigenvalue weighted by molar-refractivity contribution is 6.30. The van der Waals surface area contributed by atoms with Crippen LogP contribution < -0.4 is 15.4 Å². The summed E-state index contributed by atoms with van der Waals surface area (Å²) in [4.78, 5) is 0. The summed E-state index contributed by atoms with van der Waals surface area (Å²) < 4.78 is 10.5. The second kappa shape index (κ2) is 10.1. The maximum atomic E-state index is 5.85. The fraction of sp³-hybridized carbons (Fsp3) is 0.538. The van der Waals surface area contributed by atoms with Crippen LogP contribution in [0.5, 0.6) is 5.75 Å². The van der Waals surface area contributed by atoms with Crippen molar-refractivity contribution < 1.29 is 9.47 Å². The minimum Gasteiger partial charge on any atom is -0.492 e. The van der Waals surface area contributed by atoms with Crippen LogP contribution in [0.25, 0.3) is 0 Å².